The SMILES string of the molecule is O=C(CN(Cc1ccco1)C(=O)c1ccc(Cl)cc1Cl)N1CCN(c2ccc(-c3ccc(-c4ccccc4)cc3)nn2)CC1. The van der Waals surface area contributed by atoms with Gasteiger partial charge in [-0.1, -0.05) is 77.8 Å². The number of carbonyl (C=O) groups is 2. The minimum absolute atomic E-state index is 0.115. The molecule has 44 heavy (non-hydrogen) atoms. The summed E-state index contributed by atoms with van der Waals surface area (Å²) in [5, 5.41) is 9.60. The molecule has 2 amide bonds. The highest BCUT2D eigenvalue weighted by Gasteiger charge is 2.27. The average molecular weight is 627 g/mol. The zero-order chi connectivity index (χ0) is 30.5. The van der Waals surface area contributed by atoms with Gasteiger partial charge in [0.2, 0.25) is 5.91 Å². The van der Waals surface area contributed by atoms with Gasteiger partial charge in [0.25, 0.3) is 5.91 Å². The molecule has 0 bridgehead atoms. The lowest BCUT2D eigenvalue weighted by Gasteiger charge is -2.36. The number of carbonyl (C=O) groups excluding carboxylic acids is 2. The molecular formula is C34H29Cl2N5O3. The van der Waals surface area contributed by atoms with E-state index in [0.717, 1.165) is 22.6 Å². The molecule has 0 spiro atoms. The largest absolute Gasteiger partial charge is 0.467 e. The average Bonchev–Trinajstić information content (AvgIpc) is 3.58. The van der Waals surface area contributed by atoms with Crippen LogP contribution in [0, 0.1) is 0 Å². The first-order valence-corrected chi connectivity index (χ1v) is 15.0. The Bertz CT molecular complexity index is 1720. The molecule has 6 rings (SSSR count). The molecule has 0 aliphatic carbocycles. The van der Waals surface area contributed by atoms with Crippen LogP contribution in [0.4, 0.5) is 5.82 Å². The van der Waals surface area contributed by atoms with Gasteiger partial charge in [-0.2, -0.15) is 0 Å². The highest BCUT2D eigenvalue weighted by Crippen LogP contribution is 2.26. The Labute approximate surface area is 265 Å². The van der Waals surface area contributed by atoms with Crippen LogP contribution in [0.15, 0.2) is 108 Å². The Morgan fingerprint density at radius 3 is 2.16 bits per heavy atom. The molecule has 0 N–H and O–H groups in total. The van der Waals surface area contributed by atoms with Crippen molar-refractivity contribution in [2.24, 2.45) is 0 Å². The summed E-state index contributed by atoms with van der Waals surface area (Å²) in [6, 6.07) is 30.6. The molecule has 0 atom stereocenters. The highest BCUT2D eigenvalue weighted by atomic mass is 35.5. The summed E-state index contributed by atoms with van der Waals surface area (Å²) >= 11 is 12.3. The summed E-state index contributed by atoms with van der Waals surface area (Å²) in [7, 11) is 0. The third-order valence-electron chi connectivity index (χ3n) is 7.60. The zero-order valence-electron chi connectivity index (χ0n) is 23.8. The van der Waals surface area contributed by atoms with Crippen molar-refractivity contribution in [3.63, 3.8) is 0 Å². The van der Waals surface area contributed by atoms with Crippen molar-refractivity contribution in [2.75, 3.05) is 37.6 Å². The van der Waals surface area contributed by atoms with Gasteiger partial charge >= 0.3 is 0 Å². The number of anilines is 1. The molecule has 0 saturated carbocycles. The topological polar surface area (TPSA) is 82.8 Å². The van der Waals surface area contributed by atoms with Crippen molar-refractivity contribution in [1.29, 1.82) is 0 Å². The van der Waals surface area contributed by atoms with E-state index in [9.17, 15) is 9.59 Å². The van der Waals surface area contributed by atoms with Gasteiger partial charge < -0.3 is 19.1 Å². The van der Waals surface area contributed by atoms with Crippen molar-refractivity contribution in [3.05, 3.63) is 125 Å². The number of piperazine rings is 1. The van der Waals surface area contributed by atoms with Crippen LogP contribution in [-0.2, 0) is 11.3 Å². The Morgan fingerprint density at radius 2 is 1.50 bits per heavy atom. The number of amides is 2. The second-order valence-electron chi connectivity index (χ2n) is 10.5. The number of furan rings is 1. The minimum atomic E-state index is -0.375. The summed E-state index contributed by atoms with van der Waals surface area (Å²) in [6.45, 7) is 2.20. The van der Waals surface area contributed by atoms with Gasteiger partial charge in [-0.25, -0.2) is 0 Å². The monoisotopic (exact) mass is 625 g/mol. The molecule has 1 aliphatic heterocycles. The fourth-order valence-corrected chi connectivity index (χ4v) is 5.67. The number of hydrogen-bond acceptors (Lipinski definition) is 6. The molecule has 5 aromatic rings. The van der Waals surface area contributed by atoms with Crippen LogP contribution in [0.25, 0.3) is 22.4 Å². The van der Waals surface area contributed by atoms with E-state index in [1.165, 1.54) is 22.8 Å². The van der Waals surface area contributed by atoms with Crippen LogP contribution in [0.3, 0.4) is 0 Å². The van der Waals surface area contributed by atoms with Crippen LogP contribution in [0.1, 0.15) is 16.1 Å². The van der Waals surface area contributed by atoms with E-state index in [4.69, 9.17) is 27.6 Å². The predicted molar refractivity (Wildman–Crippen MR) is 172 cm³/mol. The van der Waals surface area contributed by atoms with Crippen LogP contribution >= 0.6 is 23.2 Å². The minimum Gasteiger partial charge on any atom is -0.467 e. The molecule has 1 aliphatic rings. The molecule has 1 saturated heterocycles. The summed E-state index contributed by atoms with van der Waals surface area (Å²) in [4.78, 5) is 32.1. The van der Waals surface area contributed by atoms with Gasteiger partial charge in [-0.15, -0.1) is 10.2 Å². The number of nitrogens with zero attached hydrogens (tertiary/aromatic N) is 5. The smallest absolute Gasteiger partial charge is 0.256 e. The van der Waals surface area contributed by atoms with Crippen LogP contribution < -0.4 is 4.90 Å². The molecule has 2 aromatic heterocycles. The fraction of sp³-hybridized carbons (Fsp3) is 0.176. The van der Waals surface area contributed by atoms with Crippen molar-refractivity contribution < 1.29 is 14.0 Å². The molecular weight excluding hydrogens is 597 g/mol. The maximum atomic E-state index is 13.4. The number of benzene rings is 3. The van der Waals surface area contributed by atoms with Crippen molar-refractivity contribution >= 4 is 40.8 Å². The number of aromatic nitrogens is 2. The Kier molecular flexibility index (Phi) is 8.91. The lowest BCUT2D eigenvalue weighted by Crippen LogP contribution is -2.52. The summed E-state index contributed by atoms with van der Waals surface area (Å²) in [5.41, 5.74) is 4.38. The van der Waals surface area contributed by atoms with E-state index in [0.29, 0.717) is 37.0 Å². The molecule has 0 unspecified atom stereocenters. The third kappa shape index (κ3) is 6.77. The van der Waals surface area contributed by atoms with E-state index in [-0.39, 0.29) is 35.5 Å². The summed E-state index contributed by atoms with van der Waals surface area (Å²) in [5.74, 6) is 0.791. The Balaban J connectivity index is 1.07. The molecule has 8 nitrogen and oxygen atoms in total. The molecule has 3 aromatic carbocycles. The number of halogens is 2. The quantitative estimate of drug-likeness (QED) is 0.191. The normalized spacial score (nSPS) is 13.1. The van der Waals surface area contributed by atoms with Crippen molar-refractivity contribution in [1.82, 2.24) is 20.0 Å². The van der Waals surface area contributed by atoms with Gasteiger partial charge in [0, 0.05) is 36.8 Å². The summed E-state index contributed by atoms with van der Waals surface area (Å²) in [6.07, 6.45) is 1.53. The highest BCUT2D eigenvalue weighted by molar-refractivity contribution is 6.36. The van der Waals surface area contributed by atoms with E-state index in [1.54, 1.807) is 29.2 Å². The third-order valence-corrected chi connectivity index (χ3v) is 8.14. The zero-order valence-corrected chi connectivity index (χ0v) is 25.3. The lowest BCUT2D eigenvalue weighted by molar-refractivity contribution is -0.132. The molecule has 0 radical (unpaired) electrons. The van der Waals surface area contributed by atoms with Crippen molar-refractivity contribution in [3.8, 4) is 22.4 Å². The van der Waals surface area contributed by atoms with Crippen LogP contribution in [0.2, 0.25) is 10.0 Å². The Morgan fingerprint density at radius 1 is 0.773 bits per heavy atom. The first kappa shape index (κ1) is 29.4. The maximum Gasteiger partial charge on any atom is 0.256 e. The molecule has 1 fully saturated rings. The lowest BCUT2D eigenvalue weighted by atomic mass is 10.0. The second kappa shape index (κ2) is 13.3. The number of rotatable bonds is 8. The predicted octanol–water partition coefficient (Wildman–Crippen LogP) is 6.70. The van der Waals surface area contributed by atoms with Gasteiger partial charge in [0.15, 0.2) is 5.82 Å². The van der Waals surface area contributed by atoms with E-state index >= 15 is 0 Å². The summed E-state index contributed by atoms with van der Waals surface area (Å²) < 4.78 is 5.46. The first-order chi connectivity index (χ1) is 21.4. The standard InChI is InChI=1S/C34H29Cl2N5O3/c35-27-12-13-29(30(36)21-27)34(43)41(22-28-7-4-20-44-28)23-33(42)40-18-16-39(17-19-40)32-15-14-31(37-38-32)26-10-8-25(9-11-26)24-5-2-1-3-6-24/h1-15,20-21H,16-19,22-23H2. The fourth-order valence-electron chi connectivity index (χ4n) is 5.18. The molecule has 222 valence electrons. The number of hydrogen-bond donors (Lipinski definition) is 0. The van der Waals surface area contributed by atoms with Crippen LogP contribution in [-0.4, -0.2) is 64.5 Å². The maximum absolute atomic E-state index is 13.4. The van der Waals surface area contributed by atoms with Gasteiger partial charge in [-0.05, 0) is 53.6 Å². The van der Waals surface area contributed by atoms with E-state index in [1.807, 2.05) is 30.3 Å². The van der Waals surface area contributed by atoms with E-state index < -0.39 is 0 Å². The van der Waals surface area contributed by atoms with Crippen molar-refractivity contribution in [2.45, 2.75) is 6.54 Å². The van der Waals surface area contributed by atoms with Crippen LogP contribution in [0.5, 0.6) is 0 Å². The Hall–Kier alpha value is -4.66. The second-order valence-corrected chi connectivity index (χ2v) is 11.3. The molecule has 3 heterocycles. The first-order valence-electron chi connectivity index (χ1n) is 14.2. The van der Waals surface area contributed by atoms with Gasteiger partial charge in [-0.3, -0.25) is 9.59 Å². The van der Waals surface area contributed by atoms with Gasteiger partial charge in [0.05, 0.1) is 29.1 Å². The molecule has 10 heteroatoms. The van der Waals surface area contributed by atoms with E-state index in [2.05, 4.69) is 51.5 Å². The van der Waals surface area contributed by atoms with Gasteiger partial charge in [0.1, 0.15) is 12.3 Å².